The number of carbonyl (C=O) groups is 1. The van der Waals surface area contributed by atoms with Crippen LogP contribution in [0.2, 0.25) is 0 Å². The third-order valence-corrected chi connectivity index (χ3v) is 3.87. The van der Waals surface area contributed by atoms with E-state index in [0.717, 1.165) is 0 Å². The molecule has 14 heavy (non-hydrogen) atoms. The lowest BCUT2D eigenvalue weighted by Gasteiger charge is -2.16. The number of rotatable bonds is 0. The van der Waals surface area contributed by atoms with Crippen molar-refractivity contribution in [3.63, 3.8) is 0 Å². The van der Waals surface area contributed by atoms with Gasteiger partial charge < -0.3 is 0 Å². The molecular weight excluding hydrogens is 270 g/mol. The lowest BCUT2D eigenvalue weighted by Crippen LogP contribution is -2.36. The maximum absolute atomic E-state index is 11.5. The van der Waals surface area contributed by atoms with Crippen LogP contribution in [0.5, 0.6) is 0 Å². The van der Waals surface area contributed by atoms with Crippen molar-refractivity contribution in [2.24, 2.45) is 0 Å². The minimum absolute atomic E-state index is 0.113. The van der Waals surface area contributed by atoms with E-state index in [-0.39, 0.29) is 11.3 Å². The summed E-state index contributed by atoms with van der Waals surface area (Å²) in [5.74, 6) is -0.486. The lowest BCUT2D eigenvalue weighted by atomic mass is 10.1. The van der Waals surface area contributed by atoms with Crippen LogP contribution >= 0.6 is 15.9 Å². The van der Waals surface area contributed by atoms with Gasteiger partial charge in [0.15, 0.2) is 0 Å². The van der Waals surface area contributed by atoms with Crippen LogP contribution in [-0.4, -0.2) is 14.3 Å². The summed E-state index contributed by atoms with van der Waals surface area (Å²) in [6.07, 6.45) is 0.113. The van der Waals surface area contributed by atoms with Crippen LogP contribution in [0.1, 0.15) is 5.56 Å². The van der Waals surface area contributed by atoms with Crippen LogP contribution in [0, 0.1) is 0 Å². The summed E-state index contributed by atoms with van der Waals surface area (Å²) in [6.45, 7) is 0. The molecule has 0 aliphatic carbocycles. The molecule has 1 aliphatic heterocycles. The first-order valence-corrected chi connectivity index (χ1v) is 6.11. The Morgan fingerprint density at radius 1 is 1.36 bits per heavy atom. The number of halogens is 1. The maximum atomic E-state index is 11.5. The van der Waals surface area contributed by atoms with E-state index in [1.807, 2.05) is 4.72 Å². The average molecular weight is 276 g/mol. The SMILES string of the molecule is O=C1Cc2ccc(Br)cc2S(=O)(=O)N1. The number of fused-ring (bicyclic) bond motifs is 1. The highest BCUT2D eigenvalue weighted by Crippen LogP contribution is 2.24. The fraction of sp³-hybridized carbons (Fsp3) is 0.125. The van der Waals surface area contributed by atoms with E-state index >= 15 is 0 Å². The number of amides is 1. The summed E-state index contributed by atoms with van der Waals surface area (Å²) in [7, 11) is -3.64. The van der Waals surface area contributed by atoms with Gasteiger partial charge in [0.05, 0.1) is 11.3 Å². The van der Waals surface area contributed by atoms with E-state index in [0.29, 0.717) is 10.0 Å². The quantitative estimate of drug-likeness (QED) is 0.762. The number of hydrogen-bond acceptors (Lipinski definition) is 3. The third-order valence-electron chi connectivity index (χ3n) is 1.92. The van der Waals surface area contributed by atoms with Gasteiger partial charge in [0, 0.05) is 4.47 Å². The molecule has 0 radical (unpaired) electrons. The van der Waals surface area contributed by atoms with Gasteiger partial charge in [-0.15, -0.1) is 0 Å². The summed E-state index contributed by atoms with van der Waals surface area (Å²) >= 11 is 3.18. The molecule has 0 bridgehead atoms. The molecule has 1 amide bonds. The van der Waals surface area contributed by atoms with Gasteiger partial charge in [-0.2, -0.15) is 0 Å². The monoisotopic (exact) mass is 275 g/mol. The molecule has 0 unspecified atom stereocenters. The largest absolute Gasteiger partial charge is 0.274 e. The van der Waals surface area contributed by atoms with Crippen molar-refractivity contribution in [3.05, 3.63) is 28.2 Å². The van der Waals surface area contributed by atoms with E-state index in [2.05, 4.69) is 15.9 Å². The van der Waals surface area contributed by atoms with Crippen molar-refractivity contribution >= 4 is 31.9 Å². The standard InChI is InChI=1S/C8H6BrNO3S/c9-6-2-1-5-3-8(11)10-14(12,13)7(5)4-6/h1-2,4H,3H2,(H,10,11). The second kappa shape index (κ2) is 3.06. The van der Waals surface area contributed by atoms with Gasteiger partial charge in [0.2, 0.25) is 5.91 Å². The van der Waals surface area contributed by atoms with Crippen LogP contribution in [0.3, 0.4) is 0 Å². The molecule has 1 aromatic carbocycles. The second-order valence-corrected chi connectivity index (χ2v) is 5.52. The minimum atomic E-state index is -3.64. The molecule has 74 valence electrons. The van der Waals surface area contributed by atoms with Crippen LogP contribution < -0.4 is 4.72 Å². The summed E-state index contributed by atoms with van der Waals surface area (Å²) in [5.41, 5.74) is 0.539. The first kappa shape index (κ1) is 9.67. The Kier molecular flexibility index (Phi) is 2.11. The van der Waals surface area contributed by atoms with Gasteiger partial charge in [-0.3, -0.25) is 4.79 Å². The first-order valence-electron chi connectivity index (χ1n) is 3.83. The molecule has 0 aromatic heterocycles. The van der Waals surface area contributed by atoms with E-state index in [9.17, 15) is 13.2 Å². The van der Waals surface area contributed by atoms with Crippen molar-refractivity contribution in [2.45, 2.75) is 11.3 Å². The minimum Gasteiger partial charge on any atom is -0.274 e. The summed E-state index contributed by atoms with van der Waals surface area (Å²) in [4.78, 5) is 11.2. The molecule has 6 heteroatoms. The molecule has 1 aromatic rings. The zero-order valence-corrected chi connectivity index (χ0v) is 9.35. The predicted octanol–water partition coefficient (Wildman–Crippen LogP) is 0.810. The molecule has 1 heterocycles. The molecule has 0 saturated heterocycles. The van der Waals surface area contributed by atoms with Crippen LogP contribution in [0.4, 0.5) is 0 Å². The van der Waals surface area contributed by atoms with Gasteiger partial charge in [-0.1, -0.05) is 22.0 Å². The molecule has 4 nitrogen and oxygen atoms in total. The molecule has 1 N–H and O–H groups in total. The van der Waals surface area contributed by atoms with Gasteiger partial charge in [0.1, 0.15) is 0 Å². The van der Waals surface area contributed by atoms with Crippen LogP contribution in [-0.2, 0) is 21.2 Å². The van der Waals surface area contributed by atoms with Gasteiger partial charge in [-0.25, -0.2) is 13.1 Å². The molecule has 0 saturated carbocycles. The molecule has 0 spiro atoms. The highest BCUT2D eigenvalue weighted by atomic mass is 79.9. The molecule has 1 aliphatic rings. The van der Waals surface area contributed by atoms with Crippen molar-refractivity contribution in [2.75, 3.05) is 0 Å². The maximum Gasteiger partial charge on any atom is 0.264 e. The normalized spacial score (nSPS) is 18.5. The summed E-state index contributed by atoms with van der Waals surface area (Å²) < 4.78 is 25.6. The van der Waals surface area contributed by atoms with Crippen molar-refractivity contribution in [1.82, 2.24) is 4.72 Å². The van der Waals surface area contributed by atoms with Gasteiger partial charge in [0.25, 0.3) is 10.0 Å². The van der Waals surface area contributed by atoms with Crippen molar-refractivity contribution in [3.8, 4) is 0 Å². The molecular formula is C8H6BrNO3S. The Hall–Kier alpha value is -0.880. The van der Waals surface area contributed by atoms with Crippen LogP contribution in [0.25, 0.3) is 0 Å². The fourth-order valence-electron chi connectivity index (χ4n) is 1.34. The highest BCUT2D eigenvalue weighted by molar-refractivity contribution is 9.10. The Morgan fingerprint density at radius 3 is 2.79 bits per heavy atom. The number of carbonyl (C=O) groups excluding carboxylic acids is 1. The van der Waals surface area contributed by atoms with Crippen molar-refractivity contribution < 1.29 is 13.2 Å². The van der Waals surface area contributed by atoms with Gasteiger partial charge in [-0.05, 0) is 17.7 Å². The number of benzene rings is 1. The zero-order chi connectivity index (χ0) is 10.3. The van der Waals surface area contributed by atoms with E-state index in [1.54, 1.807) is 12.1 Å². The number of hydrogen-bond donors (Lipinski definition) is 1. The smallest absolute Gasteiger partial charge is 0.264 e. The molecule has 0 fully saturated rings. The molecule has 2 rings (SSSR count). The molecule has 0 atom stereocenters. The Morgan fingerprint density at radius 2 is 2.07 bits per heavy atom. The lowest BCUT2D eigenvalue weighted by molar-refractivity contribution is -0.118. The third kappa shape index (κ3) is 1.55. The number of nitrogens with one attached hydrogen (secondary N) is 1. The Balaban J connectivity index is 2.71. The fourth-order valence-corrected chi connectivity index (χ4v) is 3.10. The Bertz CT molecular complexity index is 509. The predicted molar refractivity (Wildman–Crippen MR) is 53.2 cm³/mol. The zero-order valence-electron chi connectivity index (χ0n) is 6.95. The van der Waals surface area contributed by atoms with E-state index in [1.165, 1.54) is 6.07 Å². The summed E-state index contributed by atoms with van der Waals surface area (Å²) in [6, 6.07) is 4.84. The van der Waals surface area contributed by atoms with E-state index < -0.39 is 15.9 Å². The topological polar surface area (TPSA) is 63.2 Å². The Labute approximate surface area is 89.5 Å². The average Bonchev–Trinajstić information content (AvgIpc) is 2.05. The highest BCUT2D eigenvalue weighted by Gasteiger charge is 2.27. The van der Waals surface area contributed by atoms with E-state index in [4.69, 9.17) is 0 Å². The van der Waals surface area contributed by atoms with Crippen LogP contribution in [0.15, 0.2) is 27.6 Å². The van der Waals surface area contributed by atoms with Crippen molar-refractivity contribution in [1.29, 1.82) is 0 Å². The van der Waals surface area contributed by atoms with Gasteiger partial charge >= 0.3 is 0 Å². The first-order chi connectivity index (χ1) is 6.49. The number of sulfonamides is 1. The second-order valence-electron chi connectivity index (χ2n) is 2.96. The summed E-state index contributed by atoms with van der Waals surface area (Å²) in [5, 5.41) is 0.